The van der Waals surface area contributed by atoms with Gasteiger partial charge in [0, 0.05) is 25.0 Å². The average Bonchev–Trinajstić information content (AvgIpc) is 3.09. The number of amidine groups is 1. The van der Waals surface area contributed by atoms with Gasteiger partial charge < -0.3 is 4.90 Å². The molecule has 2 heterocycles. The molecule has 3 aliphatic rings. The molecule has 3 heteroatoms. The van der Waals surface area contributed by atoms with Crippen LogP contribution in [0.4, 0.5) is 0 Å². The highest BCUT2D eigenvalue weighted by atomic mass is 15.3. The molecule has 0 radical (unpaired) electrons. The van der Waals surface area contributed by atoms with Gasteiger partial charge in [-0.25, -0.2) is 0 Å². The smallest absolute Gasteiger partial charge is 0.0990 e. The van der Waals surface area contributed by atoms with E-state index in [2.05, 4.69) is 9.80 Å². The second-order valence-electron chi connectivity index (χ2n) is 6.00. The lowest BCUT2D eigenvalue weighted by Crippen LogP contribution is -2.38. The van der Waals surface area contributed by atoms with Gasteiger partial charge in [-0.2, -0.15) is 0 Å². The molecule has 0 aromatic rings. The summed E-state index contributed by atoms with van der Waals surface area (Å²) in [6, 6.07) is 0.749. The van der Waals surface area contributed by atoms with Crippen molar-refractivity contribution in [2.45, 2.75) is 51.0 Å². The van der Waals surface area contributed by atoms with E-state index in [-0.39, 0.29) is 0 Å². The molecule has 3 fully saturated rings. The molecule has 3 rings (SSSR count). The normalized spacial score (nSPS) is 31.5. The minimum atomic E-state index is 0.590. The average molecular weight is 235 g/mol. The molecule has 2 aliphatic heterocycles. The van der Waals surface area contributed by atoms with Crippen molar-refractivity contribution < 1.29 is 0 Å². The van der Waals surface area contributed by atoms with Crippen LogP contribution < -0.4 is 0 Å². The number of rotatable bonds is 2. The van der Waals surface area contributed by atoms with Gasteiger partial charge >= 0.3 is 0 Å². The highest BCUT2D eigenvalue weighted by Gasteiger charge is 2.33. The van der Waals surface area contributed by atoms with Gasteiger partial charge in [-0.3, -0.25) is 10.3 Å². The Kier molecular flexibility index (Phi) is 3.37. The number of likely N-dealkylation sites (tertiary alicyclic amines) is 2. The molecule has 1 aliphatic carbocycles. The Bertz CT molecular complexity index is 277. The minimum absolute atomic E-state index is 0.590. The van der Waals surface area contributed by atoms with E-state index >= 15 is 0 Å². The fourth-order valence-electron chi connectivity index (χ4n) is 3.82. The van der Waals surface area contributed by atoms with E-state index in [0.717, 1.165) is 25.0 Å². The zero-order valence-electron chi connectivity index (χ0n) is 10.8. The standard InChI is InChI=1S/C14H25N3/c15-14(12-5-1-2-6-12)17-10-7-13(11-17)16-8-3-4-9-16/h12-13,15H,1-11H2. The van der Waals surface area contributed by atoms with Crippen LogP contribution in [0.5, 0.6) is 0 Å². The van der Waals surface area contributed by atoms with Crippen LogP contribution in [0.1, 0.15) is 44.9 Å². The molecule has 1 N–H and O–H groups in total. The van der Waals surface area contributed by atoms with E-state index in [1.807, 2.05) is 0 Å². The minimum Gasteiger partial charge on any atom is -0.359 e. The summed E-state index contributed by atoms with van der Waals surface area (Å²) < 4.78 is 0. The second-order valence-corrected chi connectivity index (χ2v) is 6.00. The van der Waals surface area contributed by atoms with Crippen molar-refractivity contribution in [3.63, 3.8) is 0 Å². The number of hydrogen-bond acceptors (Lipinski definition) is 2. The summed E-state index contributed by atoms with van der Waals surface area (Å²) in [7, 11) is 0. The first-order chi connectivity index (χ1) is 8.34. The van der Waals surface area contributed by atoms with Crippen molar-refractivity contribution in [2.75, 3.05) is 26.2 Å². The fraction of sp³-hybridized carbons (Fsp3) is 0.929. The van der Waals surface area contributed by atoms with Crippen LogP contribution in [0.2, 0.25) is 0 Å². The Morgan fingerprint density at radius 3 is 2.29 bits per heavy atom. The maximum absolute atomic E-state index is 8.35. The maximum Gasteiger partial charge on any atom is 0.0990 e. The molecule has 0 spiro atoms. The monoisotopic (exact) mass is 235 g/mol. The Balaban J connectivity index is 1.54. The van der Waals surface area contributed by atoms with E-state index in [4.69, 9.17) is 5.41 Å². The van der Waals surface area contributed by atoms with Gasteiger partial charge in [-0.15, -0.1) is 0 Å². The predicted octanol–water partition coefficient (Wildman–Crippen LogP) is 2.32. The van der Waals surface area contributed by atoms with E-state index < -0.39 is 0 Å². The van der Waals surface area contributed by atoms with Crippen LogP contribution in [-0.4, -0.2) is 47.9 Å². The molecule has 2 saturated heterocycles. The summed E-state index contributed by atoms with van der Waals surface area (Å²) >= 11 is 0. The molecule has 1 unspecified atom stereocenters. The zero-order valence-corrected chi connectivity index (χ0v) is 10.8. The van der Waals surface area contributed by atoms with Crippen molar-refractivity contribution in [3.8, 4) is 0 Å². The van der Waals surface area contributed by atoms with Gasteiger partial charge in [-0.1, -0.05) is 12.8 Å². The molecule has 0 amide bonds. The van der Waals surface area contributed by atoms with Crippen LogP contribution in [0, 0.1) is 11.3 Å². The summed E-state index contributed by atoms with van der Waals surface area (Å²) in [5, 5.41) is 8.35. The Morgan fingerprint density at radius 1 is 0.882 bits per heavy atom. The van der Waals surface area contributed by atoms with Crippen molar-refractivity contribution in [1.29, 1.82) is 5.41 Å². The molecular weight excluding hydrogens is 210 g/mol. The molecular formula is C14H25N3. The lowest BCUT2D eigenvalue weighted by molar-refractivity contribution is 0.248. The molecule has 96 valence electrons. The molecule has 0 bridgehead atoms. The van der Waals surface area contributed by atoms with Gasteiger partial charge in [-0.05, 0) is 45.2 Å². The lowest BCUT2D eigenvalue weighted by atomic mass is 10.1. The van der Waals surface area contributed by atoms with Gasteiger partial charge in [0.15, 0.2) is 0 Å². The SMILES string of the molecule is N=C(C1CCCC1)N1CCC(N2CCCC2)C1. The molecule has 1 atom stereocenters. The predicted molar refractivity (Wildman–Crippen MR) is 70.5 cm³/mol. The number of nitrogens with zero attached hydrogens (tertiary/aromatic N) is 2. The zero-order chi connectivity index (χ0) is 11.7. The van der Waals surface area contributed by atoms with Gasteiger partial charge in [0.2, 0.25) is 0 Å². The van der Waals surface area contributed by atoms with Crippen molar-refractivity contribution in [2.24, 2.45) is 5.92 Å². The number of nitrogens with one attached hydrogen (secondary N) is 1. The first kappa shape index (κ1) is 11.5. The van der Waals surface area contributed by atoms with Crippen LogP contribution in [0.3, 0.4) is 0 Å². The quantitative estimate of drug-likeness (QED) is 0.588. The highest BCUT2D eigenvalue weighted by molar-refractivity contribution is 5.82. The summed E-state index contributed by atoms with van der Waals surface area (Å²) in [5.74, 6) is 1.55. The number of hydrogen-bond donors (Lipinski definition) is 1. The van der Waals surface area contributed by atoms with Crippen molar-refractivity contribution >= 4 is 5.84 Å². The molecule has 0 aromatic carbocycles. The van der Waals surface area contributed by atoms with E-state index in [1.54, 1.807) is 0 Å². The van der Waals surface area contributed by atoms with Gasteiger partial charge in [0.1, 0.15) is 0 Å². The highest BCUT2D eigenvalue weighted by Crippen LogP contribution is 2.29. The molecule has 17 heavy (non-hydrogen) atoms. The van der Waals surface area contributed by atoms with E-state index in [1.165, 1.54) is 58.0 Å². The maximum atomic E-state index is 8.35. The first-order valence-electron chi connectivity index (χ1n) is 7.42. The Labute approximate surface area is 105 Å². The third-order valence-electron chi connectivity index (χ3n) is 4.90. The van der Waals surface area contributed by atoms with E-state index in [9.17, 15) is 0 Å². The second kappa shape index (κ2) is 4.97. The summed E-state index contributed by atoms with van der Waals surface area (Å²) in [6.07, 6.45) is 9.28. The lowest BCUT2D eigenvalue weighted by Gasteiger charge is -2.26. The first-order valence-corrected chi connectivity index (χ1v) is 7.42. The van der Waals surface area contributed by atoms with Crippen LogP contribution in [0.25, 0.3) is 0 Å². The largest absolute Gasteiger partial charge is 0.359 e. The summed E-state index contributed by atoms with van der Waals surface area (Å²) in [4.78, 5) is 5.03. The van der Waals surface area contributed by atoms with Gasteiger partial charge in [0.05, 0.1) is 5.84 Å². The molecule has 3 nitrogen and oxygen atoms in total. The topological polar surface area (TPSA) is 30.3 Å². The van der Waals surface area contributed by atoms with Crippen LogP contribution in [0.15, 0.2) is 0 Å². The molecule has 1 saturated carbocycles. The third kappa shape index (κ3) is 2.35. The third-order valence-corrected chi connectivity index (χ3v) is 4.90. The summed E-state index contributed by atoms with van der Waals surface area (Å²) in [5.41, 5.74) is 0. The van der Waals surface area contributed by atoms with Crippen LogP contribution >= 0.6 is 0 Å². The van der Waals surface area contributed by atoms with Crippen molar-refractivity contribution in [1.82, 2.24) is 9.80 Å². The molecule has 0 aromatic heterocycles. The Hall–Kier alpha value is -0.570. The summed E-state index contributed by atoms with van der Waals surface area (Å²) in [6.45, 7) is 4.87. The fourth-order valence-corrected chi connectivity index (χ4v) is 3.82. The van der Waals surface area contributed by atoms with Crippen molar-refractivity contribution in [3.05, 3.63) is 0 Å². The Morgan fingerprint density at radius 2 is 1.59 bits per heavy atom. The van der Waals surface area contributed by atoms with E-state index in [0.29, 0.717) is 5.92 Å². The van der Waals surface area contributed by atoms with Crippen LogP contribution in [-0.2, 0) is 0 Å². The van der Waals surface area contributed by atoms with Gasteiger partial charge in [0.25, 0.3) is 0 Å².